The molecule has 20 heavy (non-hydrogen) atoms. The van der Waals surface area contributed by atoms with E-state index in [1.165, 1.54) is 13.2 Å². The first-order valence-electron chi connectivity index (χ1n) is 5.75. The van der Waals surface area contributed by atoms with Gasteiger partial charge in [-0.15, -0.1) is 0 Å². The predicted molar refractivity (Wildman–Crippen MR) is 74.0 cm³/mol. The first kappa shape index (κ1) is 13.7. The number of halogens is 1. The van der Waals surface area contributed by atoms with E-state index in [0.717, 1.165) is 6.07 Å². The zero-order chi connectivity index (χ0) is 14.7. The summed E-state index contributed by atoms with van der Waals surface area (Å²) in [6.45, 7) is 0. The molecule has 0 saturated heterocycles. The molecule has 0 aliphatic rings. The molecule has 0 aliphatic carbocycles. The number of hydrogen-bond acceptors (Lipinski definition) is 4. The highest BCUT2D eigenvalue weighted by atomic mass is 19.1. The van der Waals surface area contributed by atoms with Gasteiger partial charge in [0.15, 0.2) is 0 Å². The second kappa shape index (κ2) is 5.48. The molecule has 104 valence electrons. The highest BCUT2D eigenvalue weighted by molar-refractivity contribution is 6.00. The molecule has 0 spiro atoms. The summed E-state index contributed by atoms with van der Waals surface area (Å²) in [7, 11) is 1.53. The first-order chi connectivity index (χ1) is 9.52. The lowest BCUT2D eigenvalue weighted by molar-refractivity contribution is 0.0698. The van der Waals surface area contributed by atoms with E-state index in [-0.39, 0.29) is 11.3 Å². The molecule has 0 fully saturated rings. The van der Waals surface area contributed by atoms with Crippen molar-refractivity contribution >= 4 is 23.0 Å². The Morgan fingerprint density at radius 2 is 2.10 bits per heavy atom. The molecule has 0 amide bonds. The molecule has 0 aliphatic heterocycles. The Hall–Kier alpha value is -2.76. The van der Waals surface area contributed by atoms with Crippen LogP contribution in [0.15, 0.2) is 36.4 Å². The summed E-state index contributed by atoms with van der Waals surface area (Å²) in [5.74, 6) is -1.45. The number of nitrogens with one attached hydrogen (secondary N) is 1. The van der Waals surface area contributed by atoms with Crippen LogP contribution in [0.2, 0.25) is 0 Å². The van der Waals surface area contributed by atoms with E-state index in [1.807, 2.05) is 0 Å². The molecule has 4 N–H and O–H groups in total. The smallest absolute Gasteiger partial charge is 0.340 e. The van der Waals surface area contributed by atoms with E-state index in [9.17, 15) is 9.18 Å². The third-order valence-corrected chi connectivity index (χ3v) is 2.75. The maximum Gasteiger partial charge on any atom is 0.340 e. The van der Waals surface area contributed by atoms with Gasteiger partial charge in [0.25, 0.3) is 0 Å². The Labute approximate surface area is 114 Å². The van der Waals surface area contributed by atoms with Gasteiger partial charge >= 0.3 is 5.97 Å². The molecular weight excluding hydrogens is 263 g/mol. The van der Waals surface area contributed by atoms with Crippen LogP contribution in [-0.4, -0.2) is 18.2 Å². The minimum absolute atomic E-state index is 0.213. The van der Waals surface area contributed by atoms with Crippen LogP contribution in [0.4, 0.5) is 21.5 Å². The van der Waals surface area contributed by atoms with Gasteiger partial charge in [0.1, 0.15) is 17.1 Å². The van der Waals surface area contributed by atoms with Gasteiger partial charge in [0.2, 0.25) is 0 Å². The van der Waals surface area contributed by atoms with Crippen molar-refractivity contribution in [2.24, 2.45) is 0 Å². The van der Waals surface area contributed by atoms with Gasteiger partial charge < -0.3 is 20.9 Å². The number of ether oxygens (including phenoxy) is 1. The minimum Gasteiger partial charge on any atom is -0.497 e. The molecular formula is C14H13FN2O3. The Morgan fingerprint density at radius 1 is 1.35 bits per heavy atom. The lowest BCUT2D eigenvalue weighted by Gasteiger charge is -2.12. The molecule has 0 bridgehead atoms. The van der Waals surface area contributed by atoms with Crippen molar-refractivity contribution < 1.29 is 19.0 Å². The standard InChI is InChI=1S/C14H13FN2O3/c1-20-9-4-2-3-8(7-9)17-11-6-5-10(15)13(16)12(11)14(18)19/h2-7,17H,16H2,1H3,(H,18,19). The van der Waals surface area contributed by atoms with E-state index >= 15 is 0 Å². The molecule has 0 unspecified atom stereocenters. The first-order valence-corrected chi connectivity index (χ1v) is 5.75. The van der Waals surface area contributed by atoms with Crippen molar-refractivity contribution in [1.82, 2.24) is 0 Å². The van der Waals surface area contributed by atoms with Crippen LogP contribution in [0, 0.1) is 5.82 Å². The van der Waals surface area contributed by atoms with Crippen molar-refractivity contribution in [3.63, 3.8) is 0 Å². The molecule has 2 aromatic carbocycles. The predicted octanol–water partition coefficient (Wildman–Crippen LogP) is 2.86. The molecule has 0 radical (unpaired) electrons. The monoisotopic (exact) mass is 276 g/mol. The van der Waals surface area contributed by atoms with Gasteiger partial charge in [-0.1, -0.05) is 6.07 Å². The Bertz CT molecular complexity index is 659. The van der Waals surface area contributed by atoms with Crippen molar-refractivity contribution in [3.8, 4) is 5.75 Å². The van der Waals surface area contributed by atoms with Gasteiger partial charge in [0.05, 0.1) is 18.5 Å². The van der Waals surface area contributed by atoms with Crippen LogP contribution in [0.1, 0.15) is 10.4 Å². The van der Waals surface area contributed by atoms with E-state index in [4.69, 9.17) is 15.6 Å². The van der Waals surface area contributed by atoms with Crippen LogP contribution in [-0.2, 0) is 0 Å². The zero-order valence-corrected chi connectivity index (χ0v) is 10.7. The maximum absolute atomic E-state index is 13.3. The fourth-order valence-electron chi connectivity index (χ4n) is 1.79. The topological polar surface area (TPSA) is 84.6 Å². The molecule has 2 aromatic rings. The molecule has 6 heteroatoms. The fourth-order valence-corrected chi connectivity index (χ4v) is 1.79. The summed E-state index contributed by atoms with van der Waals surface area (Å²) < 4.78 is 18.4. The second-order valence-corrected chi connectivity index (χ2v) is 4.05. The Morgan fingerprint density at radius 3 is 2.75 bits per heavy atom. The summed E-state index contributed by atoms with van der Waals surface area (Å²) in [5.41, 5.74) is 5.60. The Balaban J connectivity index is 2.43. The van der Waals surface area contributed by atoms with Crippen LogP contribution in [0.25, 0.3) is 0 Å². The molecule has 2 rings (SSSR count). The molecule has 0 saturated carbocycles. The van der Waals surface area contributed by atoms with Crippen LogP contribution >= 0.6 is 0 Å². The summed E-state index contributed by atoms with van der Waals surface area (Å²) in [4.78, 5) is 11.2. The molecule has 5 nitrogen and oxygen atoms in total. The number of hydrogen-bond donors (Lipinski definition) is 3. The van der Waals surface area contributed by atoms with Gasteiger partial charge in [0, 0.05) is 11.8 Å². The van der Waals surface area contributed by atoms with Gasteiger partial charge in [-0.05, 0) is 24.3 Å². The summed E-state index contributed by atoms with van der Waals surface area (Å²) >= 11 is 0. The molecule has 0 atom stereocenters. The number of aromatic carboxylic acids is 1. The van der Waals surface area contributed by atoms with E-state index in [0.29, 0.717) is 11.4 Å². The third kappa shape index (κ3) is 2.64. The number of nitrogen functional groups attached to an aromatic ring is 1. The zero-order valence-electron chi connectivity index (χ0n) is 10.7. The summed E-state index contributed by atoms with van der Waals surface area (Å²) in [6, 6.07) is 9.36. The van der Waals surface area contributed by atoms with Gasteiger partial charge in [-0.3, -0.25) is 0 Å². The van der Waals surface area contributed by atoms with E-state index in [2.05, 4.69) is 5.32 Å². The van der Waals surface area contributed by atoms with E-state index in [1.54, 1.807) is 24.3 Å². The lowest BCUT2D eigenvalue weighted by atomic mass is 10.1. The minimum atomic E-state index is -1.30. The number of methoxy groups -OCH3 is 1. The quantitative estimate of drug-likeness (QED) is 0.748. The number of carbonyl (C=O) groups is 1. The highest BCUT2D eigenvalue weighted by Crippen LogP contribution is 2.29. The van der Waals surface area contributed by atoms with Crippen molar-refractivity contribution in [2.45, 2.75) is 0 Å². The fraction of sp³-hybridized carbons (Fsp3) is 0.0714. The van der Waals surface area contributed by atoms with Crippen molar-refractivity contribution in [3.05, 3.63) is 47.8 Å². The van der Waals surface area contributed by atoms with Crippen LogP contribution < -0.4 is 15.8 Å². The number of nitrogens with two attached hydrogens (primary N) is 1. The summed E-state index contributed by atoms with van der Waals surface area (Å²) in [5, 5.41) is 12.0. The van der Waals surface area contributed by atoms with Crippen LogP contribution in [0.3, 0.4) is 0 Å². The second-order valence-electron chi connectivity index (χ2n) is 4.05. The summed E-state index contributed by atoms with van der Waals surface area (Å²) in [6.07, 6.45) is 0. The van der Waals surface area contributed by atoms with Crippen molar-refractivity contribution in [1.29, 1.82) is 0 Å². The SMILES string of the molecule is COc1cccc(Nc2ccc(F)c(N)c2C(=O)O)c1. The van der Waals surface area contributed by atoms with E-state index < -0.39 is 17.5 Å². The van der Waals surface area contributed by atoms with Gasteiger partial charge in [-0.2, -0.15) is 0 Å². The van der Waals surface area contributed by atoms with Crippen molar-refractivity contribution in [2.75, 3.05) is 18.2 Å². The van der Waals surface area contributed by atoms with Gasteiger partial charge in [-0.25, -0.2) is 9.18 Å². The lowest BCUT2D eigenvalue weighted by Crippen LogP contribution is -2.08. The molecule has 0 aromatic heterocycles. The normalized spacial score (nSPS) is 10.1. The number of carboxylic acid groups (broad SMARTS) is 1. The van der Waals surface area contributed by atoms with Crippen LogP contribution in [0.5, 0.6) is 5.75 Å². The average Bonchev–Trinajstić information content (AvgIpc) is 2.43. The number of anilines is 3. The Kier molecular flexibility index (Phi) is 3.74. The highest BCUT2D eigenvalue weighted by Gasteiger charge is 2.17. The molecule has 0 heterocycles. The number of carboxylic acids is 1. The maximum atomic E-state index is 13.3. The average molecular weight is 276 g/mol. The number of rotatable bonds is 4. The third-order valence-electron chi connectivity index (χ3n) is 2.75. The number of benzene rings is 2. The largest absolute Gasteiger partial charge is 0.497 e.